The van der Waals surface area contributed by atoms with Crippen molar-refractivity contribution in [2.75, 3.05) is 10.6 Å². The second-order valence-corrected chi connectivity index (χ2v) is 6.21. The number of nitrogens with one attached hydrogen (secondary N) is 2. The number of hydrogen-bond donors (Lipinski definition) is 2. The van der Waals surface area contributed by atoms with Crippen molar-refractivity contribution in [1.82, 2.24) is 14.8 Å². The van der Waals surface area contributed by atoms with E-state index in [0.29, 0.717) is 22.3 Å². The Labute approximate surface area is 163 Å². The number of anilines is 2. The van der Waals surface area contributed by atoms with Crippen LogP contribution >= 0.6 is 23.2 Å². The summed E-state index contributed by atoms with van der Waals surface area (Å²) in [6.45, 7) is 0.398. The first-order chi connectivity index (χ1) is 12.9. The summed E-state index contributed by atoms with van der Waals surface area (Å²) in [6, 6.07) is 10.1. The number of nitro benzene ring substituents is 1. The molecule has 0 radical (unpaired) electrons. The van der Waals surface area contributed by atoms with Gasteiger partial charge in [0.05, 0.1) is 21.5 Å². The molecular formula is C16H12Cl2N6O3. The van der Waals surface area contributed by atoms with Crippen LogP contribution in [0.1, 0.15) is 5.56 Å². The van der Waals surface area contributed by atoms with Crippen LogP contribution in [0.15, 0.2) is 48.8 Å². The van der Waals surface area contributed by atoms with Crippen molar-refractivity contribution in [2.45, 2.75) is 6.54 Å². The lowest BCUT2D eigenvalue weighted by atomic mass is 10.2. The molecule has 0 atom stereocenters. The van der Waals surface area contributed by atoms with Gasteiger partial charge in [-0.05, 0) is 29.8 Å². The van der Waals surface area contributed by atoms with E-state index in [9.17, 15) is 14.9 Å². The maximum Gasteiger partial charge on any atom is 0.326 e. The zero-order chi connectivity index (χ0) is 19.4. The summed E-state index contributed by atoms with van der Waals surface area (Å²) < 4.78 is 1.53. The van der Waals surface area contributed by atoms with Gasteiger partial charge in [-0.2, -0.15) is 0 Å². The molecule has 0 fully saturated rings. The lowest BCUT2D eigenvalue weighted by molar-refractivity contribution is -0.384. The molecule has 9 nitrogen and oxygen atoms in total. The predicted molar refractivity (Wildman–Crippen MR) is 101 cm³/mol. The summed E-state index contributed by atoms with van der Waals surface area (Å²) in [7, 11) is 0. The molecule has 0 unspecified atom stereocenters. The van der Waals surface area contributed by atoms with Crippen LogP contribution in [0.4, 0.5) is 22.1 Å². The van der Waals surface area contributed by atoms with E-state index in [-0.39, 0.29) is 11.6 Å². The van der Waals surface area contributed by atoms with Crippen molar-refractivity contribution in [1.29, 1.82) is 0 Å². The molecule has 2 amide bonds. The summed E-state index contributed by atoms with van der Waals surface area (Å²) in [5.74, 6) is 0.106. The molecule has 2 N–H and O–H groups in total. The van der Waals surface area contributed by atoms with Gasteiger partial charge in [-0.1, -0.05) is 29.3 Å². The van der Waals surface area contributed by atoms with Gasteiger partial charge in [0.15, 0.2) is 0 Å². The maximum absolute atomic E-state index is 12.0. The number of nitro groups is 1. The summed E-state index contributed by atoms with van der Waals surface area (Å²) in [4.78, 5) is 26.1. The molecule has 0 spiro atoms. The second-order valence-electron chi connectivity index (χ2n) is 5.40. The monoisotopic (exact) mass is 406 g/mol. The fraction of sp³-hybridized carbons (Fsp3) is 0.0625. The van der Waals surface area contributed by atoms with Crippen molar-refractivity contribution in [2.24, 2.45) is 0 Å². The number of halogens is 2. The number of aromatic nitrogens is 3. The van der Waals surface area contributed by atoms with Gasteiger partial charge in [-0.25, -0.2) is 14.5 Å². The third-order valence-electron chi connectivity index (χ3n) is 3.43. The minimum Gasteiger partial charge on any atom is -0.308 e. The standard InChI is InChI=1S/C16H12Cl2N6O3/c17-13-6-1-10(7-14(13)18)8-23-9-19-15(22-23)21-16(25)20-11-2-4-12(5-3-11)24(26)27/h1-7,9H,8H2,(H2,20,21,22,25). The molecule has 0 bridgehead atoms. The van der Waals surface area contributed by atoms with E-state index >= 15 is 0 Å². The third-order valence-corrected chi connectivity index (χ3v) is 4.17. The molecule has 3 rings (SSSR count). The van der Waals surface area contributed by atoms with Gasteiger partial charge < -0.3 is 5.32 Å². The van der Waals surface area contributed by atoms with E-state index in [2.05, 4.69) is 20.7 Å². The highest BCUT2D eigenvalue weighted by molar-refractivity contribution is 6.42. The highest BCUT2D eigenvalue weighted by Crippen LogP contribution is 2.23. The highest BCUT2D eigenvalue weighted by atomic mass is 35.5. The zero-order valence-electron chi connectivity index (χ0n) is 13.6. The first kappa shape index (κ1) is 18.6. The van der Waals surface area contributed by atoms with Crippen LogP contribution < -0.4 is 10.6 Å². The first-order valence-electron chi connectivity index (χ1n) is 7.56. The molecule has 0 aliphatic carbocycles. The fourth-order valence-corrected chi connectivity index (χ4v) is 2.50. The topological polar surface area (TPSA) is 115 Å². The Morgan fingerprint density at radius 1 is 1.11 bits per heavy atom. The van der Waals surface area contributed by atoms with Gasteiger partial charge in [-0.15, -0.1) is 5.10 Å². The minimum absolute atomic E-state index is 0.0660. The Kier molecular flexibility index (Phi) is 5.53. The number of rotatable bonds is 5. The van der Waals surface area contributed by atoms with E-state index < -0.39 is 11.0 Å². The van der Waals surface area contributed by atoms with Crippen LogP contribution in [-0.2, 0) is 6.54 Å². The van der Waals surface area contributed by atoms with Crippen LogP contribution in [0, 0.1) is 10.1 Å². The van der Waals surface area contributed by atoms with E-state index in [1.807, 2.05) is 6.07 Å². The highest BCUT2D eigenvalue weighted by Gasteiger charge is 2.09. The van der Waals surface area contributed by atoms with Gasteiger partial charge in [-0.3, -0.25) is 15.4 Å². The number of carbonyl (C=O) groups excluding carboxylic acids is 1. The summed E-state index contributed by atoms with van der Waals surface area (Å²) in [6.07, 6.45) is 1.46. The molecule has 11 heteroatoms. The fourth-order valence-electron chi connectivity index (χ4n) is 2.18. The Hall–Kier alpha value is -3.17. The Bertz CT molecular complexity index is 990. The minimum atomic E-state index is -0.573. The molecule has 138 valence electrons. The first-order valence-corrected chi connectivity index (χ1v) is 8.32. The smallest absolute Gasteiger partial charge is 0.308 e. The van der Waals surface area contributed by atoms with Crippen molar-refractivity contribution < 1.29 is 9.72 Å². The SMILES string of the molecule is O=C(Nc1ccc([N+](=O)[O-])cc1)Nc1ncn(Cc2ccc(Cl)c(Cl)c2)n1. The lowest BCUT2D eigenvalue weighted by Gasteiger charge is -2.05. The molecule has 3 aromatic rings. The Morgan fingerprint density at radius 2 is 1.85 bits per heavy atom. The molecule has 0 saturated heterocycles. The van der Waals surface area contributed by atoms with Gasteiger partial charge in [0.25, 0.3) is 5.69 Å². The van der Waals surface area contributed by atoms with Crippen molar-refractivity contribution in [3.05, 3.63) is 74.5 Å². The van der Waals surface area contributed by atoms with Crippen molar-refractivity contribution in [3.63, 3.8) is 0 Å². The number of non-ortho nitro benzene ring substituents is 1. The van der Waals surface area contributed by atoms with Crippen molar-refractivity contribution in [3.8, 4) is 0 Å². The molecule has 0 aliphatic rings. The molecular weight excluding hydrogens is 395 g/mol. The van der Waals surface area contributed by atoms with Crippen LogP contribution in [0.2, 0.25) is 10.0 Å². The molecule has 27 heavy (non-hydrogen) atoms. The van der Waals surface area contributed by atoms with Gasteiger partial charge >= 0.3 is 6.03 Å². The van der Waals surface area contributed by atoms with Crippen molar-refractivity contribution >= 4 is 46.6 Å². The number of benzene rings is 2. The number of amides is 2. The predicted octanol–water partition coefficient (Wildman–Crippen LogP) is 4.19. The summed E-state index contributed by atoms with van der Waals surface area (Å²) in [5, 5.41) is 20.7. The van der Waals surface area contributed by atoms with E-state index in [4.69, 9.17) is 23.2 Å². The van der Waals surface area contributed by atoms with Crippen LogP contribution in [-0.4, -0.2) is 25.7 Å². The average molecular weight is 407 g/mol. The van der Waals surface area contributed by atoms with Gasteiger partial charge in [0, 0.05) is 17.8 Å². The van der Waals surface area contributed by atoms with Crippen LogP contribution in [0.3, 0.4) is 0 Å². The number of hydrogen-bond acceptors (Lipinski definition) is 5. The molecule has 1 aromatic heterocycles. The normalized spacial score (nSPS) is 10.4. The molecule has 0 saturated carbocycles. The number of carbonyl (C=O) groups is 1. The number of urea groups is 1. The van der Waals surface area contributed by atoms with Gasteiger partial charge in [0.2, 0.25) is 5.95 Å². The Morgan fingerprint density at radius 3 is 2.52 bits per heavy atom. The Balaban J connectivity index is 1.58. The van der Waals surface area contributed by atoms with Gasteiger partial charge in [0.1, 0.15) is 6.33 Å². The zero-order valence-corrected chi connectivity index (χ0v) is 15.1. The van der Waals surface area contributed by atoms with E-state index in [0.717, 1.165) is 5.56 Å². The molecule has 2 aromatic carbocycles. The maximum atomic E-state index is 12.0. The summed E-state index contributed by atoms with van der Waals surface area (Å²) in [5.41, 5.74) is 1.20. The lowest BCUT2D eigenvalue weighted by Crippen LogP contribution is -2.20. The van der Waals surface area contributed by atoms with E-state index in [1.165, 1.54) is 35.3 Å². The van der Waals surface area contributed by atoms with Crippen LogP contribution in [0.5, 0.6) is 0 Å². The third kappa shape index (κ3) is 4.93. The average Bonchev–Trinajstić information content (AvgIpc) is 3.05. The second kappa shape index (κ2) is 8.02. The molecule has 0 aliphatic heterocycles. The largest absolute Gasteiger partial charge is 0.326 e. The van der Waals surface area contributed by atoms with E-state index in [1.54, 1.807) is 12.1 Å². The summed E-state index contributed by atoms with van der Waals surface area (Å²) >= 11 is 11.9. The molecule has 1 heterocycles. The van der Waals surface area contributed by atoms with Crippen LogP contribution in [0.25, 0.3) is 0 Å². The quantitative estimate of drug-likeness (QED) is 0.486. The number of nitrogens with zero attached hydrogens (tertiary/aromatic N) is 4.